The Morgan fingerprint density at radius 1 is 1.05 bits per heavy atom. The van der Waals surface area contributed by atoms with Gasteiger partial charge in [0.1, 0.15) is 0 Å². The van der Waals surface area contributed by atoms with Crippen molar-refractivity contribution in [3.05, 3.63) is 65.5 Å². The van der Waals surface area contributed by atoms with Crippen LogP contribution in [-0.4, -0.2) is 11.0 Å². The topological polar surface area (TPSA) is 24.9 Å². The molecule has 0 saturated heterocycles. The van der Waals surface area contributed by atoms with E-state index in [2.05, 4.69) is 67.5 Å². The van der Waals surface area contributed by atoms with Crippen molar-refractivity contribution in [3.63, 3.8) is 0 Å². The van der Waals surface area contributed by atoms with Crippen molar-refractivity contribution in [2.45, 2.75) is 39.3 Å². The third kappa shape index (κ3) is 3.90. The minimum absolute atomic E-state index is 0.349. The molecule has 0 saturated carbocycles. The first-order valence-electron chi connectivity index (χ1n) is 6.87. The van der Waals surface area contributed by atoms with Gasteiger partial charge < -0.3 is 5.32 Å². The number of nitrogens with one attached hydrogen (secondary N) is 1. The summed E-state index contributed by atoms with van der Waals surface area (Å²) < 4.78 is 0. The Morgan fingerprint density at radius 2 is 1.74 bits per heavy atom. The Balaban J connectivity index is 1.95. The van der Waals surface area contributed by atoms with Crippen molar-refractivity contribution >= 4 is 0 Å². The van der Waals surface area contributed by atoms with Gasteiger partial charge in [-0.05, 0) is 56.0 Å². The first-order chi connectivity index (χ1) is 9.16. The van der Waals surface area contributed by atoms with Crippen LogP contribution in [0.1, 0.15) is 36.6 Å². The predicted molar refractivity (Wildman–Crippen MR) is 80.1 cm³/mol. The summed E-state index contributed by atoms with van der Waals surface area (Å²) in [6.07, 6.45) is 4.75. The number of nitrogens with zero attached hydrogens (tertiary/aromatic N) is 1. The predicted octanol–water partition coefficient (Wildman–Crippen LogP) is 3.67. The molecular weight excluding hydrogens is 232 g/mol. The first kappa shape index (κ1) is 13.8. The molecule has 19 heavy (non-hydrogen) atoms. The fourth-order valence-corrected chi connectivity index (χ4v) is 2.40. The zero-order valence-corrected chi connectivity index (χ0v) is 11.9. The zero-order valence-electron chi connectivity index (χ0n) is 11.9. The average Bonchev–Trinajstić information content (AvgIpc) is 2.42. The summed E-state index contributed by atoms with van der Waals surface area (Å²) in [6, 6.07) is 13.5. The highest BCUT2D eigenvalue weighted by Gasteiger charge is 2.10. The van der Waals surface area contributed by atoms with E-state index in [-0.39, 0.29) is 0 Å². The highest BCUT2D eigenvalue weighted by Crippen LogP contribution is 2.14. The molecule has 2 nitrogen and oxygen atoms in total. The van der Waals surface area contributed by atoms with Gasteiger partial charge in [0.2, 0.25) is 0 Å². The van der Waals surface area contributed by atoms with Crippen molar-refractivity contribution < 1.29 is 0 Å². The van der Waals surface area contributed by atoms with E-state index >= 15 is 0 Å². The lowest BCUT2D eigenvalue weighted by Gasteiger charge is -2.21. The van der Waals surface area contributed by atoms with Crippen LogP contribution in [-0.2, 0) is 6.42 Å². The van der Waals surface area contributed by atoms with Crippen LogP contribution in [0, 0.1) is 6.92 Å². The highest BCUT2D eigenvalue weighted by atomic mass is 14.9. The normalized spacial score (nSPS) is 14.1. The molecule has 0 bridgehead atoms. The van der Waals surface area contributed by atoms with Gasteiger partial charge in [0.05, 0.1) is 0 Å². The van der Waals surface area contributed by atoms with E-state index in [9.17, 15) is 0 Å². The summed E-state index contributed by atoms with van der Waals surface area (Å²) in [5, 5.41) is 3.64. The smallest absolute Gasteiger partial charge is 0.0295 e. The summed E-state index contributed by atoms with van der Waals surface area (Å²) in [6.45, 7) is 6.61. The molecule has 1 aromatic heterocycles. The lowest BCUT2D eigenvalue weighted by atomic mass is 10.0. The standard InChI is InChI=1S/C17H22N2/c1-13-6-4-5-7-17(13)12-14(2)19-15(3)16-8-10-18-11-9-16/h4-11,14-15,19H,12H2,1-3H3. The molecule has 2 heteroatoms. The van der Waals surface area contributed by atoms with Crippen LogP contribution >= 0.6 is 0 Å². The highest BCUT2D eigenvalue weighted by molar-refractivity contribution is 5.26. The lowest BCUT2D eigenvalue weighted by molar-refractivity contribution is 0.476. The Hall–Kier alpha value is -1.67. The largest absolute Gasteiger partial charge is 0.307 e. The molecule has 2 unspecified atom stereocenters. The molecular formula is C17H22N2. The molecule has 0 amide bonds. The molecule has 2 atom stereocenters. The summed E-state index contributed by atoms with van der Waals surface area (Å²) in [4.78, 5) is 4.06. The Kier molecular flexibility index (Phi) is 4.69. The van der Waals surface area contributed by atoms with Crippen LogP contribution in [0.15, 0.2) is 48.8 Å². The fourth-order valence-electron chi connectivity index (χ4n) is 2.40. The average molecular weight is 254 g/mol. The van der Waals surface area contributed by atoms with Gasteiger partial charge in [-0.15, -0.1) is 0 Å². The number of pyridine rings is 1. The van der Waals surface area contributed by atoms with Crippen LogP contribution in [0.4, 0.5) is 0 Å². The van der Waals surface area contributed by atoms with E-state index in [1.54, 1.807) is 0 Å². The SMILES string of the molecule is Cc1ccccc1CC(C)NC(C)c1ccncc1. The van der Waals surface area contributed by atoms with E-state index in [0.29, 0.717) is 12.1 Å². The third-order valence-corrected chi connectivity index (χ3v) is 3.53. The van der Waals surface area contributed by atoms with Crippen molar-refractivity contribution in [2.24, 2.45) is 0 Å². The maximum absolute atomic E-state index is 4.06. The Bertz CT molecular complexity index is 508. The summed E-state index contributed by atoms with van der Waals surface area (Å²) in [5.41, 5.74) is 4.07. The van der Waals surface area contributed by atoms with E-state index in [1.165, 1.54) is 16.7 Å². The second-order valence-corrected chi connectivity index (χ2v) is 5.20. The summed E-state index contributed by atoms with van der Waals surface area (Å²) in [5.74, 6) is 0. The van der Waals surface area contributed by atoms with Crippen molar-refractivity contribution in [2.75, 3.05) is 0 Å². The van der Waals surface area contributed by atoms with Gasteiger partial charge in [-0.25, -0.2) is 0 Å². The van der Waals surface area contributed by atoms with Crippen molar-refractivity contribution in [1.29, 1.82) is 0 Å². The molecule has 100 valence electrons. The number of aryl methyl sites for hydroxylation is 1. The molecule has 0 aliphatic rings. The molecule has 0 radical (unpaired) electrons. The zero-order chi connectivity index (χ0) is 13.7. The quantitative estimate of drug-likeness (QED) is 0.880. The van der Waals surface area contributed by atoms with Crippen LogP contribution in [0.25, 0.3) is 0 Å². The number of benzene rings is 1. The Labute approximate surface area is 115 Å². The van der Waals surface area contributed by atoms with E-state index in [4.69, 9.17) is 0 Å². The van der Waals surface area contributed by atoms with Gasteiger partial charge in [0, 0.05) is 24.5 Å². The number of rotatable bonds is 5. The van der Waals surface area contributed by atoms with E-state index < -0.39 is 0 Å². The molecule has 2 rings (SSSR count). The maximum atomic E-state index is 4.06. The molecule has 1 N–H and O–H groups in total. The fraction of sp³-hybridized carbons (Fsp3) is 0.353. The van der Waals surface area contributed by atoms with Crippen LogP contribution in [0.3, 0.4) is 0 Å². The van der Waals surface area contributed by atoms with Crippen molar-refractivity contribution in [3.8, 4) is 0 Å². The van der Waals surface area contributed by atoms with Crippen molar-refractivity contribution in [1.82, 2.24) is 10.3 Å². The van der Waals surface area contributed by atoms with Crippen LogP contribution < -0.4 is 5.32 Å². The third-order valence-electron chi connectivity index (χ3n) is 3.53. The molecule has 0 fully saturated rings. The van der Waals surface area contributed by atoms with E-state index in [0.717, 1.165) is 6.42 Å². The molecule has 2 aromatic rings. The first-order valence-corrected chi connectivity index (χ1v) is 6.87. The minimum atomic E-state index is 0.349. The second kappa shape index (κ2) is 6.48. The van der Waals surface area contributed by atoms with Crippen LogP contribution in [0.2, 0.25) is 0 Å². The number of hydrogen-bond acceptors (Lipinski definition) is 2. The summed E-state index contributed by atoms with van der Waals surface area (Å²) in [7, 11) is 0. The Morgan fingerprint density at radius 3 is 2.42 bits per heavy atom. The van der Waals surface area contributed by atoms with Crippen LogP contribution in [0.5, 0.6) is 0 Å². The minimum Gasteiger partial charge on any atom is -0.307 e. The number of aromatic nitrogens is 1. The molecule has 0 aliphatic heterocycles. The van der Waals surface area contributed by atoms with Gasteiger partial charge in [-0.2, -0.15) is 0 Å². The summed E-state index contributed by atoms with van der Waals surface area (Å²) >= 11 is 0. The molecule has 1 aromatic carbocycles. The van der Waals surface area contributed by atoms with Gasteiger partial charge in [0.25, 0.3) is 0 Å². The molecule has 1 heterocycles. The van der Waals surface area contributed by atoms with Gasteiger partial charge >= 0.3 is 0 Å². The second-order valence-electron chi connectivity index (χ2n) is 5.20. The molecule has 0 aliphatic carbocycles. The lowest BCUT2D eigenvalue weighted by Crippen LogP contribution is -2.30. The van der Waals surface area contributed by atoms with E-state index in [1.807, 2.05) is 12.4 Å². The maximum Gasteiger partial charge on any atom is 0.0295 e. The van der Waals surface area contributed by atoms with Gasteiger partial charge in [0.15, 0.2) is 0 Å². The molecule has 0 spiro atoms. The van der Waals surface area contributed by atoms with Gasteiger partial charge in [-0.3, -0.25) is 4.98 Å². The monoisotopic (exact) mass is 254 g/mol. The number of hydrogen-bond donors (Lipinski definition) is 1. The van der Waals surface area contributed by atoms with Gasteiger partial charge in [-0.1, -0.05) is 24.3 Å².